The van der Waals surface area contributed by atoms with Crippen molar-refractivity contribution in [2.24, 2.45) is 11.7 Å². The summed E-state index contributed by atoms with van der Waals surface area (Å²) in [6.45, 7) is 3.75. The van der Waals surface area contributed by atoms with Crippen LogP contribution in [0.1, 0.15) is 29.8 Å². The molecule has 7 heteroatoms. The Morgan fingerprint density at radius 3 is 2.19 bits per heavy atom. The molecule has 0 saturated heterocycles. The zero-order valence-electron chi connectivity index (χ0n) is 15.2. The zero-order chi connectivity index (χ0) is 19.8. The average molecular weight is 370 g/mol. The minimum absolute atomic E-state index is 0.288. The van der Waals surface area contributed by atoms with E-state index in [0.717, 1.165) is 11.3 Å². The molecule has 3 amide bonds. The lowest BCUT2D eigenvalue weighted by atomic mass is 10.1. The van der Waals surface area contributed by atoms with Gasteiger partial charge in [0.1, 0.15) is 12.4 Å². The van der Waals surface area contributed by atoms with Crippen LogP contribution in [0.5, 0.6) is 5.75 Å². The molecule has 0 aromatic heterocycles. The summed E-state index contributed by atoms with van der Waals surface area (Å²) < 4.78 is 10.9. The van der Waals surface area contributed by atoms with E-state index < -0.39 is 24.0 Å². The van der Waals surface area contributed by atoms with E-state index in [-0.39, 0.29) is 11.5 Å². The Hall–Kier alpha value is -3.35. The standard InChI is InChI=1S/C20H22N2O5/c1-13(2)17(18(23)22-20(21)25)27-19(24)15-10-8-14(9-11-15)12-26-16-6-4-3-5-7-16/h3-11,13,17H,12H2,1-2H3,(H3,21,22,23,25)/t17-/m1/s1. The van der Waals surface area contributed by atoms with Gasteiger partial charge in [-0.3, -0.25) is 10.1 Å². The van der Waals surface area contributed by atoms with Crippen molar-refractivity contribution in [1.82, 2.24) is 5.32 Å². The molecule has 0 fully saturated rings. The van der Waals surface area contributed by atoms with Gasteiger partial charge in [0.25, 0.3) is 5.91 Å². The molecule has 0 saturated carbocycles. The monoisotopic (exact) mass is 370 g/mol. The molecule has 0 aliphatic rings. The van der Waals surface area contributed by atoms with Crippen LogP contribution in [0.2, 0.25) is 0 Å². The van der Waals surface area contributed by atoms with Gasteiger partial charge >= 0.3 is 12.0 Å². The third kappa shape index (κ3) is 6.14. The first-order valence-electron chi connectivity index (χ1n) is 8.45. The molecule has 142 valence electrons. The van der Waals surface area contributed by atoms with Crippen LogP contribution in [0.4, 0.5) is 4.79 Å². The van der Waals surface area contributed by atoms with Gasteiger partial charge in [0.15, 0.2) is 6.10 Å². The first-order chi connectivity index (χ1) is 12.9. The number of benzene rings is 2. The van der Waals surface area contributed by atoms with Gasteiger partial charge in [-0.1, -0.05) is 44.2 Å². The van der Waals surface area contributed by atoms with Gasteiger partial charge < -0.3 is 15.2 Å². The third-order valence-electron chi connectivity index (χ3n) is 3.68. The largest absolute Gasteiger partial charge is 0.489 e. The number of hydrogen-bond donors (Lipinski definition) is 2. The van der Waals surface area contributed by atoms with E-state index in [2.05, 4.69) is 0 Å². The molecule has 0 heterocycles. The summed E-state index contributed by atoms with van der Waals surface area (Å²) in [6, 6.07) is 15.1. The summed E-state index contributed by atoms with van der Waals surface area (Å²) in [7, 11) is 0. The van der Waals surface area contributed by atoms with Crippen molar-refractivity contribution in [3.8, 4) is 5.75 Å². The van der Waals surface area contributed by atoms with Gasteiger partial charge in [-0.15, -0.1) is 0 Å². The number of hydrogen-bond acceptors (Lipinski definition) is 5. The summed E-state index contributed by atoms with van der Waals surface area (Å²) in [5.74, 6) is -0.990. The number of nitrogens with two attached hydrogens (primary N) is 1. The molecular formula is C20H22N2O5. The minimum atomic E-state index is -1.12. The van der Waals surface area contributed by atoms with E-state index in [0.29, 0.717) is 6.61 Å². The van der Waals surface area contributed by atoms with Crippen molar-refractivity contribution in [2.75, 3.05) is 0 Å². The van der Waals surface area contributed by atoms with Crippen LogP contribution in [-0.2, 0) is 16.1 Å². The lowest BCUT2D eigenvalue weighted by Crippen LogP contribution is -2.45. The molecule has 0 spiro atoms. The second-order valence-electron chi connectivity index (χ2n) is 6.22. The second kappa shape index (κ2) is 9.38. The molecule has 2 aromatic carbocycles. The highest BCUT2D eigenvalue weighted by molar-refractivity contribution is 5.98. The number of esters is 1. The van der Waals surface area contributed by atoms with Crippen LogP contribution < -0.4 is 15.8 Å². The van der Waals surface area contributed by atoms with Crippen molar-refractivity contribution in [3.05, 3.63) is 65.7 Å². The topological polar surface area (TPSA) is 108 Å². The Labute approximate surface area is 157 Å². The number of para-hydroxylation sites is 1. The number of nitrogens with one attached hydrogen (secondary N) is 1. The summed E-state index contributed by atoms with van der Waals surface area (Å²) in [5.41, 5.74) is 6.10. The molecule has 7 nitrogen and oxygen atoms in total. The van der Waals surface area contributed by atoms with Crippen LogP contribution >= 0.6 is 0 Å². The number of rotatable bonds is 7. The molecule has 27 heavy (non-hydrogen) atoms. The zero-order valence-corrected chi connectivity index (χ0v) is 15.2. The number of carbonyl (C=O) groups excluding carboxylic acids is 3. The molecular weight excluding hydrogens is 348 g/mol. The molecule has 1 atom stereocenters. The molecule has 2 aromatic rings. The summed E-state index contributed by atoms with van der Waals surface area (Å²) in [4.78, 5) is 35.1. The van der Waals surface area contributed by atoms with Gasteiger partial charge in [0.2, 0.25) is 0 Å². The number of ether oxygens (including phenoxy) is 2. The lowest BCUT2D eigenvalue weighted by molar-refractivity contribution is -0.130. The van der Waals surface area contributed by atoms with Crippen molar-refractivity contribution in [1.29, 1.82) is 0 Å². The quantitative estimate of drug-likeness (QED) is 0.729. The van der Waals surface area contributed by atoms with E-state index >= 15 is 0 Å². The van der Waals surface area contributed by atoms with Gasteiger partial charge in [-0.05, 0) is 35.7 Å². The Morgan fingerprint density at radius 2 is 1.63 bits per heavy atom. The fourth-order valence-electron chi connectivity index (χ4n) is 2.29. The third-order valence-corrected chi connectivity index (χ3v) is 3.68. The van der Waals surface area contributed by atoms with E-state index in [4.69, 9.17) is 15.2 Å². The fourth-order valence-corrected chi connectivity index (χ4v) is 2.29. The van der Waals surface area contributed by atoms with Crippen molar-refractivity contribution >= 4 is 17.9 Å². The maximum absolute atomic E-state index is 12.3. The van der Waals surface area contributed by atoms with Crippen molar-refractivity contribution < 1.29 is 23.9 Å². The van der Waals surface area contributed by atoms with Crippen molar-refractivity contribution in [3.63, 3.8) is 0 Å². The van der Waals surface area contributed by atoms with E-state index in [9.17, 15) is 14.4 Å². The van der Waals surface area contributed by atoms with E-state index in [1.807, 2.05) is 35.6 Å². The maximum atomic E-state index is 12.3. The SMILES string of the molecule is CC(C)[C@@H](OC(=O)c1ccc(COc2ccccc2)cc1)C(=O)NC(N)=O. The van der Waals surface area contributed by atoms with Crippen LogP contribution in [0.25, 0.3) is 0 Å². The Balaban J connectivity index is 1.97. The predicted molar refractivity (Wildman–Crippen MR) is 99.0 cm³/mol. The normalized spacial score (nSPS) is 11.5. The summed E-state index contributed by atoms with van der Waals surface area (Å²) in [6.07, 6.45) is -1.12. The average Bonchev–Trinajstić information content (AvgIpc) is 2.64. The Morgan fingerprint density at radius 1 is 1.00 bits per heavy atom. The molecule has 0 aliphatic carbocycles. The predicted octanol–water partition coefficient (Wildman–Crippen LogP) is 2.64. The fraction of sp³-hybridized carbons (Fsp3) is 0.250. The first kappa shape index (κ1) is 20.0. The number of amides is 3. The summed E-state index contributed by atoms with van der Waals surface area (Å²) >= 11 is 0. The van der Waals surface area contributed by atoms with Gasteiger partial charge in [-0.25, -0.2) is 9.59 Å². The maximum Gasteiger partial charge on any atom is 0.338 e. The first-order valence-corrected chi connectivity index (χ1v) is 8.45. The highest BCUT2D eigenvalue weighted by Gasteiger charge is 2.27. The van der Waals surface area contributed by atoms with E-state index in [1.54, 1.807) is 38.1 Å². The van der Waals surface area contributed by atoms with Crippen molar-refractivity contribution in [2.45, 2.75) is 26.6 Å². The lowest BCUT2D eigenvalue weighted by Gasteiger charge is -2.19. The molecule has 2 rings (SSSR count). The molecule has 0 aliphatic heterocycles. The highest BCUT2D eigenvalue weighted by Crippen LogP contribution is 2.14. The number of carbonyl (C=O) groups is 3. The van der Waals surface area contributed by atoms with Gasteiger partial charge in [0, 0.05) is 0 Å². The smallest absolute Gasteiger partial charge is 0.338 e. The van der Waals surface area contributed by atoms with E-state index in [1.165, 1.54) is 0 Å². The van der Waals surface area contributed by atoms with Crippen LogP contribution in [0, 0.1) is 5.92 Å². The van der Waals surface area contributed by atoms with Gasteiger partial charge in [0.05, 0.1) is 5.56 Å². The summed E-state index contributed by atoms with van der Waals surface area (Å²) in [5, 5.41) is 1.93. The Bertz CT molecular complexity index is 788. The van der Waals surface area contributed by atoms with Crippen LogP contribution in [0.15, 0.2) is 54.6 Å². The number of imide groups is 1. The van der Waals surface area contributed by atoms with Crippen LogP contribution in [-0.4, -0.2) is 24.0 Å². The number of urea groups is 1. The highest BCUT2D eigenvalue weighted by atomic mass is 16.5. The molecule has 0 radical (unpaired) electrons. The van der Waals surface area contributed by atoms with Gasteiger partial charge in [-0.2, -0.15) is 0 Å². The number of primary amides is 1. The molecule has 3 N–H and O–H groups in total. The molecule has 0 unspecified atom stereocenters. The Kier molecular flexibility index (Phi) is 6.93. The van der Waals surface area contributed by atoms with Crippen LogP contribution in [0.3, 0.4) is 0 Å². The minimum Gasteiger partial charge on any atom is -0.489 e. The second-order valence-corrected chi connectivity index (χ2v) is 6.22. The molecule has 0 bridgehead atoms.